The highest BCUT2D eigenvalue weighted by Gasteiger charge is 2.25. The van der Waals surface area contributed by atoms with E-state index in [1.54, 1.807) is 13.8 Å². The van der Waals surface area contributed by atoms with E-state index >= 15 is 0 Å². The Hall–Kier alpha value is -1.91. The molecule has 0 aliphatic rings. The SMILES string of the molecule is CCOC(=O)C(CC)C(=O)Nc1ccc(F)cc1. The number of benzene rings is 1. The van der Waals surface area contributed by atoms with Gasteiger partial charge in [0.2, 0.25) is 5.91 Å². The molecular weight excluding hydrogens is 237 g/mol. The molecule has 1 aromatic rings. The molecule has 1 atom stereocenters. The van der Waals surface area contributed by atoms with Gasteiger partial charge in [-0.05, 0) is 37.6 Å². The first kappa shape index (κ1) is 14.2. The van der Waals surface area contributed by atoms with Crippen molar-refractivity contribution >= 4 is 17.6 Å². The van der Waals surface area contributed by atoms with E-state index in [2.05, 4.69) is 5.32 Å². The Morgan fingerprint density at radius 1 is 1.28 bits per heavy atom. The second-order valence-electron chi connectivity index (χ2n) is 3.71. The monoisotopic (exact) mass is 253 g/mol. The van der Waals surface area contributed by atoms with E-state index < -0.39 is 17.8 Å². The van der Waals surface area contributed by atoms with Crippen LogP contribution >= 0.6 is 0 Å². The number of nitrogens with one attached hydrogen (secondary N) is 1. The standard InChI is InChI=1S/C13H16FNO3/c1-3-11(13(17)18-4-2)12(16)15-10-7-5-9(14)6-8-10/h5-8,11H,3-4H2,1-2H3,(H,15,16). The molecule has 5 heteroatoms. The van der Waals surface area contributed by atoms with E-state index in [1.165, 1.54) is 24.3 Å². The Morgan fingerprint density at radius 3 is 2.39 bits per heavy atom. The average Bonchev–Trinajstić information content (AvgIpc) is 2.33. The molecule has 98 valence electrons. The Kier molecular flexibility index (Phi) is 5.30. The number of carbonyl (C=O) groups excluding carboxylic acids is 2. The van der Waals surface area contributed by atoms with Gasteiger partial charge in [-0.2, -0.15) is 0 Å². The van der Waals surface area contributed by atoms with Crippen LogP contribution in [0.15, 0.2) is 24.3 Å². The fourth-order valence-electron chi connectivity index (χ4n) is 1.46. The summed E-state index contributed by atoms with van der Waals surface area (Å²) in [5.41, 5.74) is 0.448. The van der Waals surface area contributed by atoms with Gasteiger partial charge < -0.3 is 10.1 Å². The molecule has 4 nitrogen and oxygen atoms in total. The number of carbonyl (C=O) groups is 2. The number of anilines is 1. The lowest BCUT2D eigenvalue weighted by molar-refractivity contribution is -0.151. The van der Waals surface area contributed by atoms with Gasteiger partial charge in [-0.1, -0.05) is 6.92 Å². The number of halogens is 1. The molecule has 0 radical (unpaired) electrons. The summed E-state index contributed by atoms with van der Waals surface area (Å²) in [4.78, 5) is 23.4. The lowest BCUT2D eigenvalue weighted by Crippen LogP contribution is -2.30. The van der Waals surface area contributed by atoms with E-state index in [-0.39, 0.29) is 12.4 Å². The molecule has 18 heavy (non-hydrogen) atoms. The van der Waals surface area contributed by atoms with Gasteiger partial charge >= 0.3 is 5.97 Å². The molecule has 0 aliphatic heterocycles. The van der Waals surface area contributed by atoms with Gasteiger partial charge in [-0.3, -0.25) is 9.59 Å². The summed E-state index contributed by atoms with van der Waals surface area (Å²) in [6, 6.07) is 5.35. The third kappa shape index (κ3) is 3.84. The van der Waals surface area contributed by atoms with Crippen molar-refractivity contribution in [1.29, 1.82) is 0 Å². The predicted octanol–water partition coefficient (Wildman–Crippen LogP) is 2.35. The number of rotatable bonds is 5. The minimum absolute atomic E-state index is 0.235. The van der Waals surface area contributed by atoms with Gasteiger partial charge in [0, 0.05) is 5.69 Å². The van der Waals surface area contributed by atoms with E-state index in [0.29, 0.717) is 12.1 Å². The highest BCUT2D eigenvalue weighted by Crippen LogP contribution is 2.13. The third-order valence-electron chi connectivity index (χ3n) is 2.41. The van der Waals surface area contributed by atoms with E-state index in [9.17, 15) is 14.0 Å². The van der Waals surface area contributed by atoms with Crippen molar-refractivity contribution in [3.05, 3.63) is 30.1 Å². The smallest absolute Gasteiger partial charge is 0.318 e. The molecule has 0 heterocycles. The molecule has 0 bridgehead atoms. The van der Waals surface area contributed by atoms with Crippen LogP contribution in [-0.4, -0.2) is 18.5 Å². The summed E-state index contributed by atoms with van der Waals surface area (Å²) in [5, 5.41) is 2.55. The molecule has 1 aromatic carbocycles. The van der Waals surface area contributed by atoms with Crippen molar-refractivity contribution in [1.82, 2.24) is 0 Å². The number of ether oxygens (including phenoxy) is 1. The van der Waals surface area contributed by atoms with Crippen molar-refractivity contribution in [2.75, 3.05) is 11.9 Å². The summed E-state index contributed by atoms with van der Waals surface area (Å²) in [6.07, 6.45) is 0.353. The second-order valence-corrected chi connectivity index (χ2v) is 3.71. The molecular formula is C13H16FNO3. The summed E-state index contributed by atoms with van der Waals surface area (Å²) in [7, 11) is 0. The second kappa shape index (κ2) is 6.74. The minimum Gasteiger partial charge on any atom is -0.465 e. The summed E-state index contributed by atoms with van der Waals surface area (Å²) in [6.45, 7) is 3.65. The summed E-state index contributed by atoms with van der Waals surface area (Å²) < 4.78 is 17.5. The van der Waals surface area contributed by atoms with Crippen LogP contribution in [0.25, 0.3) is 0 Å². The molecule has 0 spiro atoms. The van der Waals surface area contributed by atoms with E-state index in [4.69, 9.17) is 4.74 Å². The van der Waals surface area contributed by atoms with Gasteiger partial charge in [0.1, 0.15) is 11.7 Å². The Morgan fingerprint density at radius 2 is 1.89 bits per heavy atom. The Bertz CT molecular complexity index is 417. The number of hydrogen-bond acceptors (Lipinski definition) is 3. The molecule has 0 aromatic heterocycles. The topological polar surface area (TPSA) is 55.4 Å². The fraction of sp³-hybridized carbons (Fsp3) is 0.385. The molecule has 1 N–H and O–H groups in total. The lowest BCUT2D eigenvalue weighted by Gasteiger charge is -2.13. The average molecular weight is 253 g/mol. The Labute approximate surface area is 105 Å². The van der Waals surface area contributed by atoms with Gasteiger partial charge in [0.05, 0.1) is 6.61 Å². The molecule has 0 saturated heterocycles. The normalized spacial score (nSPS) is 11.7. The fourth-order valence-corrected chi connectivity index (χ4v) is 1.46. The van der Waals surface area contributed by atoms with Crippen LogP contribution in [-0.2, 0) is 14.3 Å². The van der Waals surface area contributed by atoms with Crippen molar-refractivity contribution in [3.63, 3.8) is 0 Å². The molecule has 0 fully saturated rings. The maximum absolute atomic E-state index is 12.7. The van der Waals surface area contributed by atoms with Crippen LogP contribution in [0.3, 0.4) is 0 Å². The maximum atomic E-state index is 12.7. The number of esters is 1. The summed E-state index contributed by atoms with van der Waals surface area (Å²) >= 11 is 0. The zero-order valence-corrected chi connectivity index (χ0v) is 10.4. The molecule has 0 saturated carbocycles. The van der Waals surface area contributed by atoms with E-state index in [0.717, 1.165) is 0 Å². The molecule has 1 unspecified atom stereocenters. The molecule has 1 rings (SSSR count). The largest absolute Gasteiger partial charge is 0.465 e. The first-order chi connectivity index (χ1) is 8.58. The van der Waals surface area contributed by atoms with Crippen LogP contribution < -0.4 is 5.32 Å². The lowest BCUT2D eigenvalue weighted by atomic mass is 10.1. The van der Waals surface area contributed by atoms with Crippen molar-refractivity contribution < 1.29 is 18.7 Å². The van der Waals surface area contributed by atoms with Crippen LogP contribution in [0.5, 0.6) is 0 Å². The zero-order chi connectivity index (χ0) is 13.5. The zero-order valence-electron chi connectivity index (χ0n) is 10.4. The van der Waals surface area contributed by atoms with Gasteiger partial charge in [0.25, 0.3) is 0 Å². The van der Waals surface area contributed by atoms with Crippen LogP contribution in [0.1, 0.15) is 20.3 Å². The Balaban J connectivity index is 2.67. The highest BCUT2D eigenvalue weighted by molar-refractivity contribution is 6.04. The van der Waals surface area contributed by atoms with Crippen molar-refractivity contribution in [3.8, 4) is 0 Å². The van der Waals surface area contributed by atoms with Gasteiger partial charge in [-0.15, -0.1) is 0 Å². The van der Waals surface area contributed by atoms with E-state index in [1.807, 2.05) is 0 Å². The first-order valence-electron chi connectivity index (χ1n) is 5.81. The minimum atomic E-state index is -0.838. The predicted molar refractivity (Wildman–Crippen MR) is 65.4 cm³/mol. The highest BCUT2D eigenvalue weighted by atomic mass is 19.1. The maximum Gasteiger partial charge on any atom is 0.318 e. The summed E-state index contributed by atoms with van der Waals surface area (Å²) in [5.74, 6) is -2.21. The molecule has 0 aliphatic carbocycles. The van der Waals surface area contributed by atoms with Gasteiger partial charge in [0.15, 0.2) is 0 Å². The first-order valence-corrected chi connectivity index (χ1v) is 5.81. The van der Waals surface area contributed by atoms with Crippen molar-refractivity contribution in [2.24, 2.45) is 5.92 Å². The van der Waals surface area contributed by atoms with Crippen LogP contribution in [0.2, 0.25) is 0 Å². The number of hydrogen-bond donors (Lipinski definition) is 1. The van der Waals surface area contributed by atoms with Crippen LogP contribution in [0, 0.1) is 11.7 Å². The number of amides is 1. The third-order valence-corrected chi connectivity index (χ3v) is 2.41. The molecule has 1 amide bonds. The van der Waals surface area contributed by atoms with Crippen LogP contribution in [0.4, 0.5) is 10.1 Å². The van der Waals surface area contributed by atoms with Crippen molar-refractivity contribution in [2.45, 2.75) is 20.3 Å². The quantitative estimate of drug-likeness (QED) is 0.647. The van der Waals surface area contributed by atoms with Gasteiger partial charge in [-0.25, -0.2) is 4.39 Å².